The predicted octanol–water partition coefficient (Wildman–Crippen LogP) is 0.346. The molecule has 1 aromatic rings. The van der Waals surface area contributed by atoms with E-state index in [1.165, 1.54) is 6.20 Å². The third-order valence-electron chi connectivity index (χ3n) is 2.75. The van der Waals surface area contributed by atoms with Crippen LogP contribution < -0.4 is 0 Å². The maximum Gasteiger partial charge on any atom is 0.340 e. The van der Waals surface area contributed by atoms with E-state index in [1.54, 1.807) is 18.2 Å². The molecule has 0 aliphatic carbocycles. The van der Waals surface area contributed by atoms with Gasteiger partial charge in [-0.25, -0.2) is 0 Å². The van der Waals surface area contributed by atoms with Crippen molar-refractivity contribution in [2.75, 3.05) is 0 Å². The minimum Gasteiger partial charge on any atom is -0.481 e. The summed E-state index contributed by atoms with van der Waals surface area (Å²) in [7, 11) is -5.06. The molecule has 0 fully saturated rings. The lowest BCUT2D eigenvalue weighted by molar-refractivity contribution is -0.148. The number of carboxylic acid groups (broad SMARTS) is 2. The Kier molecular flexibility index (Phi) is 5.38. The van der Waals surface area contributed by atoms with Crippen LogP contribution in [0.2, 0.25) is 0 Å². The van der Waals surface area contributed by atoms with Gasteiger partial charge in [-0.05, 0) is 25.0 Å². The zero-order valence-corrected chi connectivity index (χ0v) is 11.2. The van der Waals surface area contributed by atoms with Gasteiger partial charge in [0.25, 0.3) is 0 Å². The molecule has 1 aromatic heterocycles. The average molecular weight is 303 g/mol. The normalized spacial score (nSPS) is 14.5. The van der Waals surface area contributed by atoms with E-state index in [1.807, 2.05) is 0 Å². The van der Waals surface area contributed by atoms with E-state index in [4.69, 9.17) is 20.0 Å². The second-order valence-electron chi connectivity index (χ2n) is 4.18. The van der Waals surface area contributed by atoms with Gasteiger partial charge in [0.05, 0.1) is 5.92 Å². The lowest BCUT2D eigenvalue weighted by Crippen LogP contribution is -2.35. The zero-order chi connectivity index (χ0) is 15.3. The predicted molar refractivity (Wildman–Crippen MR) is 67.2 cm³/mol. The number of pyridine rings is 1. The van der Waals surface area contributed by atoms with Crippen molar-refractivity contribution in [3.63, 3.8) is 0 Å². The number of rotatable bonds is 7. The van der Waals surface area contributed by atoms with Crippen LogP contribution >= 0.6 is 7.60 Å². The molecule has 0 saturated heterocycles. The molecular formula is C11H14NO7P. The molecule has 0 saturated carbocycles. The van der Waals surface area contributed by atoms with Crippen LogP contribution in [0, 0.1) is 5.92 Å². The smallest absolute Gasteiger partial charge is 0.340 e. The first kappa shape index (κ1) is 16.3. The van der Waals surface area contributed by atoms with Crippen molar-refractivity contribution in [3.8, 4) is 0 Å². The molecule has 0 aliphatic rings. The van der Waals surface area contributed by atoms with Crippen molar-refractivity contribution in [3.05, 3.63) is 30.1 Å². The summed E-state index contributed by atoms with van der Waals surface area (Å²) >= 11 is 0. The van der Waals surface area contributed by atoms with Crippen molar-refractivity contribution < 1.29 is 34.2 Å². The molecule has 2 unspecified atom stereocenters. The summed E-state index contributed by atoms with van der Waals surface area (Å²) in [6, 6.07) is 4.95. The molecule has 0 spiro atoms. The van der Waals surface area contributed by atoms with Crippen LogP contribution in [0.3, 0.4) is 0 Å². The van der Waals surface area contributed by atoms with Crippen molar-refractivity contribution in [2.45, 2.75) is 18.5 Å². The summed E-state index contributed by atoms with van der Waals surface area (Å²) in [6.07, 6.45) is 1.37. The molecule has 0 amide bonds. The Morgan fingerprint density at radius 2 is 1.85 bits per heavy atom. The Balaban J connectivity index is 2.91. The van der Waals surface area contributed by atoms with E-state index >= 15 is 0 Å². The minimum absolute atomic E-state index is 0.113. The van der Waals surface area contributed by atoms with Gasteiger partial charge >= 0.3 is 19.5 Å². The second kappa shape index (κ2) is 6.60. The van der Waals surface area contributed by atoms with Crippen LogP contribution in [0.1, 0.15) is 12.1 Å². The summed E-state index contributed by atoms with van der Waals surface area (Å²) in [6.45, 7) is 0. The Bertz CT molecular complexity index is 527. The maximum atomic E-state index is 11.2. The van der Waals surface area contributed by atoms with Gasteiger partial charge in [-0.1, -0.05) is 6.07 Å². The highest BCUT2D eigenvalue weighted by molar-refractivity contribution is 7.53. The number of aryl methyl sites for hydroxylation is 1. The van der Waals surface area contributed by atoms with Crippen molar-refractivity contribution >= 4 is 19.5 Å². The third kappa shape index (κ3) is 4.41. The Labute approximate surface area is 114 Å². The molecular weight excluding hydrogens is 289 g/mol. The second-order valence-corrected chi connectivity index (χ2v) is 5.91. The minimum atomic E-state index is -5.06. The molecule has 110 valence electrons. The van der Waals surface area contributed by atoms with Crippen molar-refractivity contribution in [2.24, 2.45) is 5.92 Å². The molecule has 0 aliphatic heterocycles. The molecule has 0 aromatic carbocycles. The highest BCUT2D eigenvalue weighted by atomic mass is 31.2. The van der Waals surface area contributed by atoms with Gasteiger partial charge in [-0.2, -0.15) is 0 Å². The zero-order valence-electron chi connectivity index (χ0n) is 10.3. The van der Waals surface area contributed by atoms with Gasteiger partial charge in [0.2, 0.25) is 0 Å². The number of hydrogen-bond donors (Lipinski definition) is 4. The van der Waals surface area contributed by atoms with Gasteiger partial charge in [-0.3, -0.25) is 19.1 Å². The summed E-state index contributed by atoms with van der Waals surface area (Å²) in [4.78, 5) is 44.0. The molecule has 1 heterocycles. The van der Waals surface area contributed by atoms with E-state index in [9.17, 15) is 14.2 Å². The lowest BCUT2D eigenvalue weighted by atomic mass is 9.98. The van der Waals surface area contributed by atoms with Crippen LogP contribution in [-0.2, 0) is 20.6 Å². The van der Waals surface area contributed by atoms with Crippen molar-refractivity contribution in [1.82, 2.24) is 4.98 Å². The molecule has 0 radical (unpaired) electrons. The fourth-order valence-corrected chi connectivity index (χ4v) is 2.85. The van der Waals surface area contributed by atoms with Crippen LogP contribution in [0.5, 0.6) is 0 Å². The average Bonchev–Trinajstić information content (AvgIpc) is 2.33. The highest BCUT2D eigenvalue weighted by Gasteiger charge is 2.45. The van der Waals surface area contributed by atoms with E-state index in [-0.39, 0.29) is 12.8 Å². The molecule has 9 heteroatoms. The lowest BCUT2D eigenvalue weighted by Gasteiger charge is -2.21. The monoisotopic (exact) mass is 303 g/mol. The van der Waals surface area contributed by atoms with Crippen LogP contribution in [-0.4, -0.2) is 42.6 Å². The Morgan fingerprint density at radius 3 is 2.25 bits per heavy atom. The molecule has 8 nitrogen and oxygen atoms in total. The van der Waals surface area contributed by atoms with Gasteiger partial charge in [0.15, 0.2) is 5.66 Å². The number of carbonyl (C=O) groups is 2. The van der Waals surface area contributed by atoms with Crippen LogP contribution in [0.25, 0.3) is 0 Å². The standard InChI is InChI=1S/C11H14NO7P/c13-10(14)8(9(11(15)16)20(17,18)19)5-4-7-3-1-2-6-12-7/h1-3,6,8-9H,4-5H2,(H,13,14)(H,15,16)(H2,17,18,19). The molecule has 20 heavy (non-hydrogen) atoms. The molecule has 2 atom stereocenters. The highest BCUT2D eigenvalue weighted by Crippen LogP contribution is 2.46. The topological polar surface area (TPSA) is 145 Å². The number of aliphatic carboxylic acids is 2. The SMILES string of the molecule is O=C(O)C(CCc1ccccn1)C(C(=O)O)P(=O)(O)O. The largest absolute Gasteiger partial charge is 0.481 e. The summed E-state index contributed by atoms with van der Waals surface area (Å²) < 4.78 is 11.2. The van der Waals surface area contributed by atoms with Gasteiger partial charge in [0, 0.05) is 11.9 Å². The maximum absolute atomic E-state index is 11.2. The summed E-state index contributed by atoms with van der Waals surface area (Å²) in [5.74, 6) is -5.07. The number of nitrogens with zero attached hydrogens (tertiary/aromatic N) is 1. The molecule has 1 rings (SSSR count). The van der Waals surface area contributed by atoms with Crippen LogP contribution in [0.15, 0.2) is 24.4 Å². The van der Waals surface area contributed by atoms with Gasteiger partial charge in [0.1, 0.15) is 0 Å². The molecule has 0 bridgehead atoms. The summed E-state index contributed by atoms with van der Waals surface area (Å²) in [5.41, 5.74) is -1.74. The van der Waals surface area contributed by atoms with Crippen molar-refractivity contribution in [1.29, 1.82) is 0 Å². The van der Waals surface area contributed by atoms with Gasteiger partial charge < -0.3 is 20.0 Å². The summed E-state index contributed by atoms with van der Waals surface area (Å²) in [5, 5.41) is 17.9. The van der Waals surface area contributed by atoms with E-state index in [2.05, 4.69) is 4.98 Å². The van der Waals surface area contributed by atoms with E-state index in [0.717, 1.165) is 0 Å². The Morgan fingerprint density at radius 1 is 1.20 bits per heavy atom. The van der Waals surface area contributed by atoms with Crippen LogP contribution in [0.4, 0.5) is 0 Å². The first-order valence-corrected chi connectivity index (χ1v) is 7.32. The number of hydrogen-bond acceptors (Lipinski definition) is 4. The first-order chi connectivity index (χ1) is 9.23. The quantitative estimate of drug-likeness (QED) is 0.528. The van der Waals surface area contributed by atoms with E-state index in [0.29, 0.717) is 5.69 Å². The fourth-order valence-electron chi connectivity index (χ4n) is 1.82. The Hall–Kier alpha value is -1.76. The van der Waals surface area contributed by atoms with Gasteiger partial charge in [-0.15, -0.1) is 0 Å². The fraction of sp³-hybridized carbons (Fsp3) is 0.364. The van der Waals surface area contributed by atoms with E-state index < -0.39 is 31.1 Å². The third-order valence-corrected chi connectivity index (χ3v) is 4.06. The number of aromatic nitrogens is 1. The first-order valence-electron chi connectivity index (χ1n) is 5.64. The number of carboxylic acids is 2. The molecule has 4 N–H and O–H groups in total.